The molecule has 0 aromatic heterocycles. The van der Waals surface area contributed by atoms with Gasteiger partial charge >= 0.3 is 0 Å². The molecule has 0 N–H and O–H groups in total. The highest BCUT2D eigenvalue weighted by Crippen LogP contribution is 2.35. The van der Waals surface area contributed by atoms with Crippen LogP contribution < -0.4 is 9.47 Å². The lowest BCUT2D eigenvalue weighted by atomic mass is 10.2. The van der Waals surface area contributed by atoms with E-state index in [9.17, 15) is 4.79 Å². The molecule has 5 nitrogen and oxygen atoms in total. The molecular formula is C22H23ClN2O3S. The van der Waals surface area contributed by atoms with Crippen molar-refractivity contribution in [3.63, 3.8) is 0 Å². The maximum absolute atomic E-state index is 12.9. The normalized spacial score (nSPS) is 16.7. The molecule has 0 atom stereocenters. The van der Waals surface area contributed by atoms with Crippen molar-refractivity contribution in [1.82, 2.24) is 4.90 Å². The van der Waals surface area contributed by atoms with Crippen LogP contribution in [0.5, 0.6) is 11.5 Å². The molecule has 0 aliphatic carbocycles. The first-order valence-electron chi connectivity index (χ1n) is 9.42. The zero-order chi connectivity index (χ0) is 20.8. The number of amides is 1. The Morgan fingerprint density at radius 1 is 1.17 bits per heavy atom. The Bertz CT molecular complexity index is 942. The van der Waals surface area contributed by atoms with Crippen molar-refractivity contribution in [2.45, 2.75) is 20.3 Å². The van der Waals surface area contributed by atoms with Gasteiger partial charge in [-0.25, -0.2) is 4.99 Å². The van der Waals surface area contributed by atoms with Gasteiger partial charge in [0, 0.05) is 6.54 Å². The number of hydrogen-bond acceptors (Lipinski definition) is 5. The second-order valence-electron chi connectivity index (χ2n) is 6.28. The van der Waals surface area contributed by atoms with Crippen molar-refractivity contribution in [2.75, 3.05) is 20.3 Å². The van der Waals surface area contributed by atoms with Crippen LogP contribution in [-0.4, -0.2) is 36.2 Å². The molecule has 3 rings (SSSR count). The van der Waals surface area contributed by atoms with Gasteiger partial charge < -0.3 is 9.47 Å². The van der Waals surface area contributed by atoms with Gasteiger partial charge in [-0.2, -0.15) is 0 Å². The molecular weight excluding hydrogens is 408 g/mol. The lowest BCUT2D eigenvalue weighted by Gasteiger charge is -2.14. The minimum absolute atomic E-state index is 0.0477. The molecule has 1 saturated heterocycles. The number of thioether (sulfide) groups is 1. The second-order valence-corrected chi connectivity index (χ2v) is 7.70. The quantitative estimate of drug-likeness (QED) is 0.524. The zero-order valence-corrected chi connectivity index (χ0v) is 18.2. The molecule has 0 saturated carbocycles. The predicted octanol–water partition coefficient (Wildman–Crippen LogP) is 5.76. The molecule has 1 aliphatic heterocycles. The molecule has 1 fully saturated rings. The number of benzene rings is 2. The number of carbonyl (C=O) groups excluding carboxylic acids is 1. The van der Waals surface area contributed by atoms with Crippen LogP contribution in [0.15, 0.2) is 52.4 Å². The number of rotatable bonds is 7. The summed E-state index contributed by atoms with van der Waals surface area (Å²) in [6, 6.07) is 13.0. The van der Waals surface area contributed by atoms with Gasteiger partial charge in [0.15, 0.2) is 5.17 Å². The summed E-state index contributed by atoms with van der Waals surface area (Å²) in [5.41, 5.74) is 1.61. The van der Waals surface area contributed by atoms with Crippen molar-refractivity contribution in [2.24, 2.45) is 4.99 Å². The number of ether oxygens (including phenoxy) is 2. The van der Waals surface area contributed by atoms with Crippen LogP contribution in [0, 0.1) is 0 Å². The van der Waals surface area contributed by atoms with Crippen LogP contribution in [0.4, 0.5) is 5.69 Å². The molecule has 2 aromatic rings. The molecule has 1 heterocycles. The number of aliphatic imine (C=N–C) groups is 1. The summed E-state index contributed by atoms with van der Waals surface area (Å²) in [6.07, 6.45) is 2.68. The van der Waals surface area contributed by atoms with Crippen LogP contribution >= 0.6 is 23.4 Å². The van der Waals surface area contributed by atoms with E-state index in [1.807, 2.05) is 50.3 Å². The Kier molecular flexibility index (Phi) is 7.23. The Morgan fingerprint density at radius 2 is 1.93 bits per heavy atom. The fourth-order valence-corrected chi connectivity index (χ4v) is 4.12. The third-order valence-electron chi connectivity index (χ3n) is 4.18. The van der Waals surface area contributed by atoms with Crippen molar-refractivity contribution < 1.29 is 14.3 Å². The van der Waals surface area contributed by atoms with E-state index in [-0.39, 0.29) is 5.91 Å². The number of hydrogen-bond donors (Lipinski definition) is 0. The van der Waals surface area contributed by atoms with Crippen molar-refractivity contribution >= 4 is 46.2 Å². The van der Waals surface area contributed by atoms with Crippen LogP contribution in [0.2, 0.25) is 5.02 Å². The standard InChI is InChI=1S/C22H23ClN2O3S/c1-4-12-25-21(26)20(14-15-6-11-19(27-3)18(23)13-15)29-22(25)24-16-7-9-17(10-8-16)28-5-2/h6-11,13-14H,4-5,12H2,1-3H3/b20-14-,24-22?. The lowest BCUT2D eigenvalue weighted by molar-refractivity contribution is -0.122. The third kappa shape index (κ3) is 5.14. The highest BCUT2D eigenvalue weighted by molar-refractivity contribution is 8.18. The highest BCUT2D eigenvalue weighted by atomic mass is 35.5. The molecule has 1 aliphatic rings. The van der Waals surface area contributed by atoms with Crippen molar-refractivity contribution in [1.29, 1.82) is 0 Å². The van der Waals surface area contributed by atoms with Crippen LogP contribution in [0.3, 0.4) is 0 Å². The fraction of sp³-hybridized carbons (Fsp3) is 0.273. The van der Waals surface area contributed by atoms with Gasteiger partial charge in [0.2, 0.25) is 0 Å². The molecule has 0 spiro atoms. The molecule has 7 heteroatoms. The molecule has 29 heavy (non-hydrogen) atoms. The monoisotopic (exact) mass is 430 g/mol. The molecule has 0 unspecified atom stereocenters. The first kappa shape index (κ1) is 21.3. The van der Waals surface area contributed by atoms with Gasteiger partial charge in [-0.1, -0.05) is 24.6 Å². The number of methoxy groups -OCH3 is 1. The minimum atomic E-state index is -0.0477. The van der Waals surface area contributed by atoms with Crippen LogP contribution in [0.25, 0.3) is 6.08 Å². The van der Waals surface area contributed by atoms with E-state index < -0.39 is 0 Å². The predicted molar refractivity (Wildman–Crippen MR) is 120 cm³/mol. The summed E-state index contributed by atoms with van der Waals surface area (Å²) in [7, 11) is 1.57. The van der Waals surface area contributed by atoms with Crippen molar-refractivity contribution in [3.8, 4) is 11.5 Å². The van der Waals surface area contributed by atoms with Crippen LogP contribution in [-0.2, 0) is 4.79 Å². The number of carbonyl (C=O) groups is 1. The number of halogens is 1. The summed E-state index contributed by atoms with van der Waals surface area (Å²) < 4.78 is 10.7. The van der Waals surface area contributed by atoms with E-state index >= 15 is 0 Å². The van der Waals surface area contributed by atoms with Gasteiger partial charge in [0.25, 0.3) is 5.91 Å². The van der Waals surface area contributed by atoms with E-state index in [1.54, 1.807) is 24.1 Å². The average Bonchev–Trinajstić information content (AvgIpc) is 2.99. The molecule has 2 aromatic carbocycles. The fourth-order valence-electron chi connectivity index (χ4n) is 2.83. The summed E-state index contributed by atoms with van der Waals surface area (Å²) in [5.74, 6) is 1.35. The number of amidine groups is 1. The maximum atomic E-state index is 12.9. The highest BCUT2D eigenvalue weighted by Gasteiger charge is 2.32. The first-order valence-corrected chi connectivity index (χ1v) is 10.6. The molecule has 0 radical (unpaired) electrons. The topological polar surface area (TPSA) is 51.1 Å². The van der Waals surface area contributed by atoms with Gasteiger partial charge in [0.1, 0.15) is 11.5 Å². The zero-order valence-electron chi connectivity index (χ0n) is 16.6. The Labute approximate surface area is 180 Å². The molecule has 0 bridgehead atoms. The summed E-state index contributed by atoms with van der Waals surface area (Å²) in [4.78, 5) is 20.0. The Hall–Kier alpha value is -2.44. The first-order chi connectivity index (χ1) is 14.0. The second kappa shape index (κ2) is 9.85. The van der Waals surface area contributed by atoms with Gasteiger partial charge in [-0.15, -0.1) is 0 Å². The van der Waals surface area contributed by atoms with Crippen LogP contribution in [0.1, 0.15) is 25.8 Å². The van der Waals surface area contributed by atoms with E-state index in [0.717, 1.165) is 23.4 Å². The SMILES string of the molecule is CCCN1C(=O)/C(=C/c2ccc(OC)c(Cl)c2)SC1=Nc1ccc(OCC)cc1. The Morgan fingerprint density at radius 3 is 2.55 bits per heavy atom. The van der Waals surface area contributed by atoms with Gasteiger partial charge in [-0.05, 0) is 73.1 Å². The maximum Gasteiger partial charge on any atom is 0.266 e. The summed E-state index contributed by atoms with van der Waals surface area (Å²) in [6.45, 7) is 5.22. The molecule has 152 valence electrons. The summed E-state index contributed by atoms with van der Waals surface area (Å²) in [5, 5.41) is 1.18. The molecule has 1 amide bonds. The minimum Gasteiger partial charge on any atom is -0.495 e. The third-order valence-corrected chi connectivity index (χ3v) is 5.48. The summed E-state index contributed by atoms with van der Waals surface area (Å²) >= 11 is 7.58. The van der Waals surface area contributed by atoms with E-state index in [4.69, 9.17) is 21.1 Å². The smallest absolute Gasteiger partial charge is 0.266 e. The van der Waals surface area contributed by atoms with Crippen molar-refractivity contribution in [3.05, 3.63) is 58.0 Å². The number of nitrogens with zero attached hydrogens (tertiary/aromatic N) is 2. The lowest BCUT2D eigenvalue weighted by Crippen LogP contribution is -2.29. The van der Waals surface area contributed by atoms with E-state index in [0.29, 0.717) is 34.0 Å². The van der Waals surface area contributed by atoms with E-state index in [1.165, 1.54) is 11.8 Å². The average molecular weight is 431 g/mol. The van der Waals surface area contributed by atoms with E-state index in [2.05, 4.69) is 4.99 Å². The Balaban J connectivity index is 1.88. The largest absolute Gasteiger partial charge is 0.495 e. The van der Waals surface area contributed by atoms with Gasteiger partial charge in [-0.3, -0.25) is 9.69 Å². The van der Waals surface area contributed by atoms with Gasteiger partial charge in [0.05, 0.1) is 29.3 Å².